The molecule has 26 heavy (non-hydrogen) atoms. The van der Waals surface area contributed by atoms with E-state index < -0.39 is 5.91 Å². The van der Waals surface area contributed by atoms with Crippen molar-refractivity contribution in [3.8, 4) is 17.2 Å². The Balaban J connectivity index is 2.03. The van der Waals surface area contributed by atoms with Crippen LogP contribution in [-0.2, 0) is 4.79 Å². The van der Waals surface area contributed by atoms with Crippen LogP contribution >= 0.6 is 0 Å². The first kappa shape index (κ1) is 19.1. The van der Waals surface area contributed by atoms with Crippen molar-refractivity contribution in [1.29, 1.82) is 0 Å². The number of amides is 2. The highest BCUT2D eigenvalue weighted by Gasteiger charge is 2.17. The van der Waals surface area contributed by atoms with Gasteiger partial charge in [0.25, 0.3) is 5.91 Å². The number of methoxy groups -OCH3 is 3. The van der Waals surface area contributed by atoms with E-state index in [0.29, 0.717) is 28.5 Å². The van der Waals surface area contributed by atoms with E-state index in [1.807, 2.05) is 19.1 Å². The molecule has 0 heterocycles. The molecule has 2 rings (SSSR count). The van der Waals surface area contributed by atoms with Crippen molar-refractivity contribution >= 4 is 17.5 Å². The Bertz CT molecular complexity index is 762. The molecule has 0 aliphatic rings. The minimum atomic E-state index is -0.427. The summed E-state index contributed by atoms with van der Waals surface area (Å²) in [5, 5.41) is 5.28. The first-order valence-electron chi connectivity index (χ1n) is 7.93. The van der Waals surface area contributed by atoms with Gasteiger partial charge in [0.05, 0.1) is 27.9 Å². The average Bonchev–Trinajstić information content (AvgIpc) is 2.66. The Hall–Kier alpha value is -3.22. The average molecular weight is 358 g/mol. The van der Waals surface area contributed by atoms with Crippen LogP contribution in [-0.4, -0.2) is 39.7 Å². The highest BCUT2D eigenvalue weighted by atomic mass is 16.5. The maximum Gasteiger partial charge on any atom is 0.251 e. The van der Waals surface area contributed by atoms with Crippen LogP contribution in [0.3, 0.4) is 0 Å². The summed E-state index contributed by atoms with van der Waals surface area (Å²) < 4.78 is 15.7. The van der Waals surface area contributed by atoms with Gasteiger partial charge in [-0.3, -0.25) is 9.59 Å². The van der Waals surface area contributed by atoms with Crippen molar-refractivity contribution < 1.29 is 23.8 Å². The van der Waals surface area contributed by atoms with Gasteiger partial charge in [-0.15, -0.1) is 0 Å². The third-order valence-electron chi connectivity index (χ3n) is 3.67. The molecule has 138 valence electrons. The second-order valence-electron chi connectivity index (χ2n) is 5.51. The molecule has 0 aliphatic heterocycles. The molecule has 0 radical (unpaired) electrons. The number of hydrogen-bond acceptors (Lipinski definition) is 5. The number of rotatable bonds is 7. The van der Waals surface area contributed by atoms with Gasteiger partial charge in [0.1, 0.15) is 0 Å². The molecule has 2 N–H and O–H groups in total. The molecule has 7 nitrogen and oxygen atoms in total. The minimum Gasteiger partial charge on any atom is -0.493 e. The van der Waals surface area contributed by atoms with E-state index in [9.17, 15) is 9.59 Å². The lowest BCUT2D eigenvalue weighted by Crippen LogP contribution is -2.32. The van der Waals surface area contributed by atoms with E-state index in [-0.39, 0.29) is 12.5 Å². The Morgan fingerprint density at radius 3 is 2.00 bits per heavy atom. The maximum absolute atomic E-state index is 12.3. The third kappa shape index (κ3) is 4.66. The molecule has 2 amide bonds. The number of anilines is 1. The van der Waals surface area contributed by atoms with Crippen LogP contribution in [0.5, 0.6) is 17.2 Å². The Labute approximate surface area is 152 Å². The normalized spacial score (nSPS) is 10.0. The predicted molar refractivity (Wildman–Crippen MR) is 98.2 cm³/mol. The summed E-state index contributed by atoms with van der Waals surface area (Å²) in [4.78, 5) is 24.3. The van der Waals surface area contributed by atoms with Crippen LogP contribution in [0.1, 0.15) is 15.9 Å². The molecule has 0 saturated carbocycles. The van der Waals surface area contributed by atoms with Crippen molar-refractivity contribution in [2.45, 2.75) is 6.92 Å². The maximum atomic E-state index is 12.3. The number of carbonyl (C=O) groups excluding carboxylic acids is 2. The molecule has 0 unspecified atom stereocenters. The molecule has 2 aromatic rings. The first-order chi connectivity index (χ1) is 12.5. The second kappa shape index (κ2) is 8.75. The number of nitrogens with one attached hydrogen (secondary N) is 2. The lowest BCUT2D eigenvalue weighted by molar-refractivity contribution is -0.115. The Morgan fingerprint density at radius 2 is 1.50 bits per heavy atom. The van der Waals surface area contributed by atoms with Gasteiger partial charge in [-0.25, -0.2) is 0 Å². The summed E-state index contributed by atoms with van der Waals surface area (Å²) in [7, 11) is 4.41. The predicted octanol–water partition coefficient (Wildman–Crippen LogP) is 2.39. The number of aryl methyl sites for hydroxylation is 1. The first-order valence-corrected chi connectivity index (χ1v) is 7.93. The molecular formula is C19H22N2O5. The number of ether oxygens (including phenoxy) is 3. The molecular weight excluding hydrogens is 336 g/mol. The molecule has 2 aromatic carbocycles. The van der Waals surface area contributed by atoms with Gasteiger partial charge < -0.3 is 24.8 Å². The Kier molecular flexibility index (Phi) is 6.43. The molecule has 0 aliphatic carbocycles. The summed E-state index contributed by atoms with van der Waals surface area (Å²) in [6.07, 6.45) is 0. The van der Waals surface area contributed by atoms with E-state index in [1.165, 1.54) is 33.5 Å². The third-order valence-corrected chi connectivity index (χ3v) is 3.67. The van der Waals surface area contributed by atoms with E-state index in [1.54, 1.807) is 12.1 Å². The van der Waals surface area contributed by atoms with Crippen molar-refractivity contribution in [1.82, 2.24) is 5.32 Å². The van der Waals surface area contributed by atoms with Crippen molar-refractivity contribution in [2.24, 2.45) is 0 Å². The van der Waals surface area contributed by atoms with Crippen molar-refractivity contribution in [3.05, 3.63) is 47.5 Å². The van der Waals surface area contributed by atoms with Gasteiger partial charge in [0.15, 0.2) is 11.5 Å². The zero-order chi connectivity index (χ0) is 19.1. The molecule has 0 spiro atoms. The fraction of sp³-hybridized carbons (Fsp3) is 0.263. The van der Waals surface area contributed by atoms with Gasteiger partial charge in [-0.2, -0.15) is 0 Å². The zero-order valence-electron chi connectivity index (χ0n) is 15.2. The lowest BCUT2D eigenvalue weighted by Gasteiger charge is -2.14. The molecule has 0 saturated heterocycles. The number of benzene rings is 2. The van der Waals surface area contributed by atoms with Crippen LogP contribution in [0.4, 0.5) is 5.69 Å². The summed E-state index contributed by atoms with van der Waals surface area (Å²) in [5.74, 6) is 0.365. The second-order valence-corrected chi connectivity index (χ2v) is 5.51. The number of carbonyl (C=O) groups is 2. The lowest BCUT2D eigenvalue weighted by atomic mass is 10.1. The fourth-order valence-corrected chi connectivity index (χ4v) is 2.32. The summed E-state index contributed by atoms with van der Waals surface area (Å²) in [6, 6.07) is 10.4. The zero-order valence-corrected chi connectivity index (χ0v) is 15.2. The fourth-order valence-electron chi connectivity index (χ4n) is 2.32. The van der Waals surface area contributed by atoms with Gasteiger partial charge in [0.2, 0.25) is 11.7 Å². The number of hydrogen-bond donors (Lipinski definition) is 2. The van der Waals surface area contributed by atoms with Gasteiger partial charge in [-0.05, 0) is 31.2 Å². The quantitative estimate of drug-likeness (QED) is 0.794. The monoisotopic (exact) mass is 358 g/mol. The molecule has 7 heteroatoms. The van der Waals surface area contributed by atoms with E-state index in [2.05, 4.69) is 10.6 Å². The van der Waals surface area contributed by atoms with Gasteiger partial charge >= 0.3 is 0 Å². The van der Waals surface area contributed by atoms with Crippen molar-refractivity contribution in [3.63, 3.8) is 0 Å². The van der Waals surface area contributed by atoms with Gasteiger partial charge in [-0.1, -0.05) is 17.7 Å². The van der Waals surface area contributed by atoms with Gasteiger partial charge in [0, 0.05) is 11.3 Å². The molecule has 0 aromatic heterocycles. The highest BCUT2D eigenvalue weighted by Crippen LogP contribution is 2.38. The minimum absolute atomic E-state index is 0.163. The standard InChI is InChI=1S/C19H22N2O5/c1-12-5-7-14(8-6-12)21-17(22)11-20-19(23)13-9-15(24-2)18(26-4)16(10-13)25-3/h5-10H,11H2,1-4H3,(H,20,23)(H,21,22). The molecule has 0 bridgehead atoms. The van der Waals surface area contributed by atoms with Crippen molar-refractivity contribution in [2.75, 3.05) is 33.2 Å². The highest BCUT2D eigenvalue weighted by molar-refractivity contribution is 6.00. The SMILES string of the molecule is COc1cc(C(=O)NCC(=O)Nc2ccc(C)cc2)cc(OC)c1OC. The Morgan fingerprint density at radius 1 is 0.923 bits per heavy atom. The van der Waals surface area contributed by atoms with E-state index >= 15 is 0 Å². The van der Waals surface area contributed by atoms with Crippen LogP contribution < -0.4 is 24.8 Å². The smallest absolute Gasteiger partial charge is 0.251 e. The van der Waals surface area contributed by atoms with E-state index in [0.717, 1.165) is 5.56 Å². The van der Waals surface area contributed by atoms with Crippen LogP contribution in [0.15, 0.2) is 36.4 Å². The molecule has 0 atom stereocenters. The summed E-state index contributed by atoms with van der Waals surface area (Å²) in [6.45, 7) is 1.80. The van der Waals surface area contributed by atoms with Crippen LogP contribution in [0, 0.1) is 6.92 Å². The topological polar surface area (TPSA) is 85.9 Å². The largest absolute Gasteiger partial charge is 0.493 e. The molecule has 0 fully saturated rings. The van der Waals surface area contributed by atoms with Crippen LogP contribution in [0.2, 0.25) is 0 Å². The summed E-state index contributed by atoms with van der Waals surface area (Å²) in [5.41, 5.74) is 2.06. The summed E-state index contributed by atoms with van der Waals surface area (Å²) >= 11 is 0. The van der Waals surface area contributed by atoms with Crippen LogP contribution in [0.25, 0.3) is 0 Å². The van der Waals surface area contributed by atoms with E-state index in [4.69, 9.17) is 14.2 Å².